The van der Waals surface area contributed by atoms with Crippen molar-refractivity contribution in [1.29, 1.82) is 0 Å². The van der Waals surface area contributed by atoms with Gasteiger partial charge in [0, 0.05) is 6.04 Å². The summed E-state index contributed by atoms with van der Waals surface area (Å²) in [5, 5.41) is 0. The fraction of sp³-hybridized carbons (Fsp3) is 0.462. The summed E-state index contributed by atoms with van der Waals surface area (Å²) in [5.74, 6) is 0.274. The summed E-state index contributed by atoms with van der Waals surface area (Å²) in [7, 11) is 1.39. The maximum Gasteiger partial charge on any atom is 0.337 e. The average Bonchev–Trinajstić information content (AvgIpc) is 2.26. The van der Waals surface area contributed by atoms with Crippen LogP contribution in [0.4, 0.5) is 0 Å². The van der Waals surface area contributed by atoms with E-state index in [4.69, 9.17) is 10.5 Å². The first-order valence-corrected chi connectivity index (χ1v) is 5.66. The molecule has 1 aromatic carbocycles. The first-order chi connectivity index (χ1) is 7.72. The monoisotopic (exact) mass is 219 g/mol. The molecule has 16 heavy (non-hydrogen) atoms. The van der Waals surface area contributed by atoms with E-state index in [2.05, 4.69) is 0 Å². The molecule has 2 N–H and O–H groups in total. The first kappa shape index (κ1) is 11.1. The number of methoxy groups -OCH3 is 1. The minimum atomic E-state index is -0.303. The lowest BCUT2D eigenvalue weighted by Gasteiger charge is -2.31. The molecule has 1 atom stereocenters. The Labute approximate surface area is 95.6 Å². The smallest absolute Gasteiger partial charge is 0.337 e. The van der Waals surface area contributed by atoms with Gasteiger partial charge >= 0.3 is 5.97 Å². The summed E-state index contributed by atoms with van der Waals surface area (Å²) >= 11 is 0. The Morgan fingerprint density at radius 1 is 1.50 bits per heavy atom. The van der Waals surface area contributed by atoms with E-state index in [0.29, 0.717) is 11.5 Å². The van der Waals surface area contributed by atoms with Gasteiger partial charge in [-0.05, 0) is 36.5 Å². The van der Waals surface area contributed by atoms with Crippen LogP contribution in [0.2, 0.25) is 0 Å². The Morgan fingerprint density at radius 2 is 2.25 bits per heavy atom. The molecule has 0 amide bonds. The van der Waals surface area contributed by atoms with Gasteiger partial charge in [-0.2, -0.15) is 0 Å². The standard InChI is InChI=1S/C13H17NO2/c1-16-13(15)11-7-3-6-10(8-11)12(14)9-4-2-5-9/h3,6-9,12H,2,4-5,14H2,1H3. The van der Waals surface area contributed by atoms with Gasteiger partial charge in [-0.1, -0.05) is 18.6 Å². The van der Waals surface area contributed by atoms with Crippen molar-refractivity contribution in [2.75, 3.05) is 7.11 Å². The molecule has 0 radical (unpaired) electrons. The quantitative estimate of drug-likeness (QED) is 0.793. The summed E-state index contributed by atoms with van der Waals surface area (Å²) in [4.78, 5) is 11.4. The fourth-order valence-corrected chi connectivity index (χ4v) is 2.06. The molecule has 1 aliphatic carbocycles. The van der Waals surface area contributed by atoms with Gasteiger partial charge in [-0.15, -0.1) is 0 Å². The van der Waals surface area contributed by atoms with E-state index in [0.717, 1.165) is 5.56 Å². The van der Waals surface area contributed by atoms with Crippen molar-refractivity contribution in [3.8, 4) is 0 Å². The average molecular weight is 219 g/mol. The third kappa shape index (κ3) is 2.09. The number of benzene rings is 1. The predicted molar refractivity (Wildman–Crippen MR) is 62.1 cm³/mol. The molecule has 0 spiro atoms. The van der Waals surface area contributed by atoms with Crippen LogP contribution in [0.5, 0.6) is 0 Å². The third-order valence-electron chi connectivity index (χ3n) is 3.35. The van der Waals surface area contributed by atoms with Crippen molar-refractivity contribution in [1.82, 2.24) is 0 Å². The Balaban J connectivity index is 2.17. The highest BCUT2D eigenvalue weighted by Crippen LogP contribution is 2.36. The van der Waals surface area contributed by atoms with Crippen molar-refractivity contribution in [3.63, 3.8) is 0 Å². The summed E-state index contributed by atoms with van der Waals surface area (Å²) in [6.07, 6.45) is 3.67. The predicted octanol–water partition coefficient (Wildman–Crippen LogP) is 2.27. The summed E-state index contributed by atoms with van der Waals surface area (Å²) in [5.41, 5.74) is 7.77. The van der Waals surface area contributed by atoms with Crippen LogP contribution in [0.1, 0.15) is 41.2 Å². The van der Waals surface area contributed by atoms with E-state index in [-0.39, 0.29) is 12.0 Å². The van der Waals surface area contributed by atoms with Gasteiger partial charge in [0.25, 0.3) is 0 Å². The molecular weight excluding hydrogens is 202 g/mol. The summed E-state index contributed by atoms with van der Waals surface area (Å²) in [6.45, 7) is 0. The van der Waals surface area contributed by atoms with E-state index in [1.807, 2.05) is 18.2 Å². The molecule has 86 valence electrons. The zero-order chi connectivity index (χ0) is 11.5. The van der Waals surface area contributed by atoms with Crippen molar-refractivity contribution in [3.05, 3.63) is 35.4 Å². The van der Waals surface area contributed by atoms with Crippen LogP contribution in [-0.4, -0.2) is 13.1 Å². The van der Waals surface area contributed by atoms with Crippen LogP contribution in [0, 0.1) is 5.92 Å². The second-order valence-electron chi connectivity index (χ2n) is 4.33. The number of carbonyl (C=O) groups is 1. The zero-order valence-corrected chi connectivity index (χ0v) is 9.48. The Hall–Kier alpha value is -1.35. The van der Waals surface area contributed by atoms with Crippen LogP contribution in [0.15, 0.2) is 24.3 Å². The molecule has 0 heterocycles. The van der Waals surface area contributed by atoms with E-state index < -0.39 is 0 Å². The lowest BCUT2D eigenvalue weighted by Crippen LogP contribution is -2.27. The molecular formula is C13H17NO2. The highest BCUT2D eigenvalue weighted by Gasteiger charge is 2.25. The second-order valence-corrected chi connectivity index (χ2v) is 4.33. The van der Waals surface area contributed by atoms with Gasteiger partial charge in [-0.25, -0.2) is 4.79 Å². The number of rotatable bonds is 3. The van der Waals surface area contributed by atoms with Crippen molar-refractivity contribution in [2.45, 2.75) is 25.3 Å². The molecule has 1 aromatic rings. The molecule has 0 saturated heterocycles. The zero-order valence-electron chi connectivity index (χ0n) is 9.48. The van der Waals surface area contributed by atoms with Crippen LogP contribution < -0.4 is 5.73 Å². The maximum atomic E-state index is 11.4. The highest BCUT2D eigenvalue weighted by molar-refractivity contribution is 5.89. The van der Waals surface area contributed by atoms with Gasteiger partial charge in [0.15, 0.2) is 0 Å². The topological polar surface area (TPSA) is 52.3 Å². The molecule has 0 aliphatic heterocycles. The van der Waals surface area contributed by atoms with Gasteiger partial charge < -0.3 is 10.5 Å². The summed E-state index contributed by atoms with van der Waals surface area (Å²) < 4.78 is 4.69. The number of hydrogen-bond donors (Lipinski definition) is 1. The number of hydrogen-bond acceptors (Lipinski definition) is 3. The van der Waals surface area contributed by atoms with Gasteiger partial charge in [0.2, 0.25) is 0 Å². The number of ether oxygens (including phenoxy) is 1. The second kappa shape index (κ2) is 4.66. The van der Waals surface area contributed by atoms with Crippen LogP contribution in [0.3, 0.4) is 0 Å². The molecule has 3 nitrogen and oxygen atoms in total. The molecule has 1 saturated carbocycles. The van der Waals surface area contributed by atoms with Gasteiger partial charge in [0.05, 0.1) is 12.7 Å². The minimum Gasteiger partial charge on any atom is -0.465 e. The van der Waals surface area contributed by atoms with Crippen LogP contribution in [0.25, 0.3) is 0 Å². The molecule has 0 bridgehead atoms. The maximum absolute atomic E-state index is 11.4. The van der Waals surface area contributed by atoms with E-state index in [1.54, 1.807) is 6.07 Å². The Bertz CT molecular complexity index is 385. The molecule has 1 unspecified atom stereocenters. The van der Waals surface area contributed by atoms with Gasteiger partial charge in [-0.3, -0.25) is 0 Å². The summed E-state index contributed by atoms with van der Waals surface area (Å²) in [6, 6.07) is 7.49. The lowest BCUT2D eigenvalue weighted by molar-refractivity contribution is 0.0600. The molecule has 3 heteroatoms. The highest BCUT2D eigenvalue weighted by atomic mass is 16.5. The third-order valence-corrected chi connectivity index (χ3v) is 3.35. The van der Waals surface area contributed by atoms with Crippen LogP contribution in [-0.2, 0) is 4.74 Å². The molecule has 2 rings (SSSR count). The Morgan fingerprint density at radius 3 is 2.81 bits per heavy atom. The van der Waals surface area contributed by atoms with Crippen molar-refractivity contribution in [2.24, 2.45) is 11.7 Å². The molecule has 1 fully saturated rings. The number of nitrogens with two attached hydrogens (primary N) is 1. The van der Waals surface area contributed by atoms with Crippen molar-refractivity contribution < 1.29 is 9.53 Å². The van der Waals surface area contributed by atoms with E-state index >= 15 is 0 Å². The Kier molecular flexibility index (Phi) is 3.25. The number of esters is 1. The number of carbonyl (C=O) groups excluding carboxylic acids is 1. The molecule has 0 aromatic heterocycles. The van der Waals surface area contributed by atoms with E-state index in [9.17, 15) is 4.79 Å². The fourth-order valence-electron chi connectivity index (χ4n) is 2.06. The lowest BCUT2D eigenvalue weighted by atomic mass is 9.77. The first-order valence-electron chi connectivity index (χ1n) is 5.66. The minimum absolute atomic E-state index is 0.0540. The largest absolute Gasteiger partial charge is 0.465 e. The normalized spacial score (nSPS) is 17.6. The van der Waals surface area contributed by atoms with E-state index in [1.165, 1.54) is 26.4 Å². The van der Waals surface area contributed by atoms with Gasteiger partial charge in [0.1, 0.15) is 0 Å². The van der Waals surface area contributed by atoms with Crippen molar-refractivity contribution >= 4 is 5.97 Å². The van der Waals surface area contributed by atoms with Crippen LogP contribution >= 0.6 is 0 Å². The SMILES string of the molecule is COC(=O)c1cccc(C(N)C2CCC2)c1. The molecule has 1 aliphatic rings.